The van der Waals surface area contributed by atoms with Crippen LogP contribution in [0.1, 0.15) is 12.0 Å². The quantitative estimate of drug-likeness (QED) is 0.914. The Morgan fingerprint density at radius 3 is 2.57 bits per heavy atom. The molecule has 0 aromatic heterocycles. The summed E-state index contributed by atoms with van der Waals surface area (Å²) in [6.45, 7) is 0. The van der Waals surface area contributed by atoms with E-state index >= 15 is 0 Å². The summed E-state index contributed by atoms with van der Waals surface area (Å²) in [6.07, 6.45) is -6.17. The second kappa shape index (κ2) is 6.91. The molecular formula is C14H12F3N3O2S. The van der Waals surface area contributed by atoms with Crippen molar-refractivity contribution in [2.75, 3.05) is 16.9 Å². The van der Waals surface area contributed by atoms with Crippen molar-refractivity contribution >= 4 is 29.3 Å². The smallest absolute Gasteiger partial charge is 0.324 e. The van der Waals surface area contributed by atoms with Crippen LogP contribution < -0.4 is 5.32 Å². The molecule has 1 heterocycles. The number of carbonyl (C=O) groups excluding carboxylic acids is 2. The third-order valence-corrected chi connectivity index (χ3v) is 4.15. The molecule has 1 N–H and O–H groups in total. The largest absolute Gasteiger partial charge is 0.397 e. The highest BCUT2D eigenvalue weighted by molar-refractivity contribution is 7.99. The maximum atomic E-state index is 12.3. The second-order valence-corrected chi connectivity index (χ2v) is 5.85. The van der Waals surface area contributed by atoms with Gasteiger partial charge in [-0.15, -0.1) is 11.8 Å². The van der Waals surface area contributed by atoms with Gasteiger partial charge in [-0.05, 0) is 24.3 Å². The van der Waals surface area contributed by atoms with Crippen LogP contribution in [-0.4, -0.2) is 40.6 Å². The van der Waals surface area contributed by atoms with Crippen LogP contribution in [0, 0.1) is 11.3 Å². The molecule has 23 heavy (non-hydrogen) atoms. The molecule has 1 atom stereocenters. The van der Waals surface area contributed by atoms with E-state index in [1.54, 1.807) is 0 Å². The Hall–Kier alpha value is -2.21. The monoisotopic (exact) mass is 343 g/mol. The lowest BCUT2D eigenvalue weighted by Crippen LogP contribution is -2.45. The Kier molecular flexibility index (Phi) is 5.15. The molecule has 2 amide bonds. The van der Waals surface area contributed by atoms with Crippen molar-refractivity contribution < 1.29 is 22.8 Å². The molecule has 1 aliphatic heterocycles. The standard InChI is InChI=1S/C14H12F3N3O2S/c15-14(16,17)5-12(21)20-8-23-7-11(20)13(22)19-10-3-1-9(6-18)2-4-10/h1-4,11H,5,7-8H2,(H,19,22). The molecule has 0 spiro atoms. The van der Waals surface area contributed by atoms with Gasteiger partial charge in [0.1, 0.15) is 12.5 Å². The summed E-state index contributed by atoms with van der Waals surface area (Å²) < 4.78 is 37.0. The predicted octanol–water partition coefficient (Wildman–Crippen LogP) is 2.35. The number of alkyl halides is 3. The average molecular weight is 343 g/mol. The summed E-state index contributed by atoms with van der Waals surface area (Å²) in [5.74, 6) is -1.36. The topological polar surface area (TPSA) is 73.2 Å². The first kappa shape index (κ1) is 17.1. The van der Waals surface area contributed by atoms with Gasteiger partial charge in [0.25, 0.3) is 0 Å². The van der Waals surface area contributed by atoms with Crippen LogP contribution in [0.2, 0.25) is 0 Å². The number of amides is 2. The van der Waals surface area contributed by atoms with Crippen molar-refractivity contribution in [3.8, 4) is 6.07 Å². The lowest BCUT2D eigenvalue weighted by molar-refractivity contribution is -0.162. The van der Waals surface area contributed by atoms with E-state index in [0.29, 0.717) is 11.3 Å². The van der Waals surface area contributed by atoms with Gasteiger partial charge in [-0.3, -0.25) is 9.59 Å². The van der Waals surface area contributed by atoms with Crippen LogP contribution >= 0.6 is 11.8 Å². The first-order chi connectivity index (χ1) is 10.8. The lowest BCUT2D eigenvalue weighted by atomic mass is 10.2. The molecule has 0 radical (unpaired) electrons. The molecular weight excluding hydrogens is 331 g/mol. The summed E-state index contributed by atoms with van der Waals surface area (Å²) in [5, 5.41) is 11.2. The summed E-state index contributed by atoms with van der Waals surface area (Å²) in [5.41, 5.74) is 0.829. The van der Waals surface area contributed by atoms with Crippen LogP contribution in [0.5, 0.6) is 0 Å². The van der Waals surface area contributed by atoms with E-state index in [4.69, 9.17) is 5.26 Å². The van der Waals surface area contributed by atoms with Crippen LogP contribution in [-0.2, 0) is 9.59 Å². The fourth-order valence-corrected chi connectivity index (χ4v) is 3.21. The van der Waals surface area contributed by atoms with E-state index in [9.17, 15) is 22.8 Å². The maximum absolute atomic E-state index is 12.3. The van der Waals surface area contributed by atoms with Gasteiger partial charge in [0, 0.05) is 11.4 Å². The zero-order chi connectivity index (χ0) is 17.0. The third kappa shape index (κ3) is 4.63. The summed E-state index contributed by atoms with van der Waals surface area (Å²) in [6, 6.07) is 7.03. The fourth-order valence-electron chi connectivity index (χ4n) is 2.03. The molecule has 1 aromatic rings. The highest BCUT2D eigenvalue weighted by atomic mass is 32.2. The minimum absolute atomic E-state index is 0.0559. The van der Waals surface area contributed by atoms with Gasteiger partial charge in [-0.1, -0.05) is 0 Å². The highest BCUT2D eigenvalue weighted by Crippen LogP contribution is 2.27. The number of nitrogens with zero attached hydrogens (tertiary/aromatic N) is 2. The van der Waals surface area contributed by atoms with Gasteiger partial charge in [0.05, 0.1) is 17.5 Å². The zero-order valence-electron chi connectivity index (χ0n) is 11.8. The number of carbonyl (C=O) groups is 2. The Balaban J connectivity index is 2.02. The highest BCUT2D eigenvalue weighted by Gasteiger charge is 2.40. The molecule has 0 bridgehead atoms. The van der Waals surface area contributed by atoms with E-state index in [2.05, 4.69) is 5.32 Å². The number of nitriles is 1. The van der Waals surface area contributed by atoms with E-state index in [0.717, 1.165) is 4.90 Å². The van der Waals surface area contributed by atoms with Gasteiger partial charge in [-0.25, -0.2) is 0 Å². The molecule has 9 heteroatoms. The van der Waals surface area contributed by atoms with Gasteiger partial charge in [0.15, 0.2) is 0 Å². The van der Waals surface area contributed by atoms with Gasteiger partial charge < -0.3 is 10.2 Å². The predicted molar refractivity (Wildman–Crippen MR) is 78.4 cm³/mol. The molecule has 1 aromatic carbocycles. The Labute approximate surface area is 134 Å². The van der Waals surface area contributed by atoms with E-state index in [1.165, 1.54) is 36.0 Å². The SMILES string of the molecule is N#Cc1ccc(NC(=O)C2CSCN2C(=O)CC(F)(F)F)cc1. The van der Waals surface area contributed by atoms with Gasteiger partial charge in [0.2, 0.25) is 11.8 Å². The van der Waals surface area contributed by atoms with Crippen LogP contribution in [0.15, 0.2) is 24.3 Å². The normalized spacial score (nSPS) is 17.7. The summed E-state index contributed by atoms with van der Waals surface area (Å²) in [4.78, 5) is 24.8. The molecule has 1 aliphatic rings. The lowest BCUT2D eigenvalue weighted by Gasteiger charge is -2.23. The van der Waals surface area contributed by atoms with Crippen LogP contribution in [0.4, 0.5) is 18.9 Å². The summed E-state index contributed by atoms with van der Waals surface area (Å²) >= 11 is 1.22. The van der Waals surface area contributed by atoms with E-state index in [1.807, 2.05) is 6.07 Å². The van der Waals surface area contributed by atoms with Crippen molar-refractivity contribution in [2.24, 2.45) is 0 Å². The molecule has 1 fully saturated rings. The molecule has 1 saturated heterocycles. The van der Waals surface area contributed by atoms with E-state index < -0.39 is 30.5 Å². The fraction of sp³-hybridized carbons (Fsp3) is 0.357. The summed E-state index contributed by atoms with van der Waals surface area (Å²) in [7, 11) is 0. The molecule has 0 saturated carbocycles. The second-order valence-electron chi connectivity index (χ2n) is 4.85. The minimum Gasteiger partial charge on any atom is -0.324 e. The Morgan fingerprint density at radius 1 is 1.35 bits per heavy atom. The maximum Gasteiger partial charge on any atom is 0.397 e. The average Bonchev–Trinajstić information content (AvgIpc) is 2.96. The number of hydrogen-bond acceptors (Lipinski definition) is 4. The zero-order valence-corrected chi connectivity index (χ0v) is 12.6. The first-order valence-corrected chi connectivity index (χ1v) is 7.70. The molecule has 5 nitrogen and oxygen atoms in total. The van der Waals surface area contributed by atoms with Crippen molar-refractivity contribution in [3.05, 3.63) is 29.8 Å². The van der Waals surface area contributed by atoms with E-state index in [-0.39, 0.29) is 11.6 Å². The Morgan fingerprint density at radius 2 is 2.00 bits per heavy atom. The van der Waals surface area contributed by atoms with Gasteiger partial charge >= 0.3 is 6.18 Å². The van der Waals surface area contributed by atoms with Crippen LogP contribution in [0.3, 0.4) is 0 Å². The number of nitrogens with one attached hydrogen (secondary N) is 1. The molecule has 122 valence electrons. The van der Waals surface area contributed by atoms with Crippen molar-refractivity contribution in [2.45, 2.75) is 18.6 Å². The van der Waals surface area contributed by atoms with Crippen LogP contribution in [0.25, 0.3) is 0 Å². The van der Waals surface area contributed by atoms with Crippen molar-refractivity contribution in [1.82, 2.24) is 4.90 Å². The molecule has 0 aliphatic carbocycles. The Bertz CT molecular complexity index is 640. The molecule has 2 rings (SSSR count). The third-order valence-electron chi connectivity index (χ3n) is 3.14. The first-order valence-electron chi connectivity index (χ1n) is 6.55. The number of hydrogen-bond donors (Lipinski definition) is 1. The minimum atomic E-state index is -4.60. The van der Waals surface area contributed by atoms with Crippen molar-refractivity contribution in [1.29, 1.82) is 5.26 Å². The number of anilines is 1. The van der Waals surface area contributed by atoms with Gasteiger partial charge in [-0.2, -0.15) is 18.4 Å². The molecule has 1 unspecified atom stereocenters. The van der Waals surface area contributed by atoms with Crippen molar-refractivity contribution in [3.63, 3.8) is 0 Å². The number of thioether (sulfide) groups is 1. The number of halogens is 3. The number of benzene rings is 1. The number of rotatable bonds is 3.